The number of hydrogen-bond acceptors (Lipinski definition) is 3. The summed E-state index contributed by atoms with van der Waals surface area (Å²) in [6.45, 7) is 8.14. The monoisotopic (exact) mass is 813 g/mol. The summed E-state index contributed by atoms with van der Waals surface area (Å²) in [7, 11) is -0.457. The molecule has 7 rings (SSSR count). The number of hydrogen-bond donors (Lipinski definition) is 0. The summed E-state index contributed by atoms with van der Waals surface area (Å²) in [5.74, 6) is 0. The zero-order valence-electron chi connectivity index (χ0n) is 33.4. The van der Waals surface area contributed by atoms with Crippen LogP contribution in [0.5, 0.6) is 0 Å². The molecule has 0 saturated carbocycles. The van der Waals surface area contributed by atoms with Gasteiger partial charge >= 0.3 is 19.5 Å². The predicted octanol–water partition coefficient (Wildman–Crippen LogP) is 14.0. The van der Waals surface area contributed by atoms with Crippen LogP contribution in [0.2, 0.25) is 0 Å². The summed E-state index contributed by atoms with van der Waals surface area (Å²) in [5, 5.41) is 0. The molecule has 0 bridgehead atoms. The van der Waals surface area contributed by atoms with Crippen LogP contribution in [-0.4, -0.2) is 18.3 Å². The lowest BCUT2D eigenvalue weighted by molar-refractivity contribution is -0.138. The molecule has 0 aromatic heterocycles. The quantitative estimate of drug-likeness (QED) is 0.0781. The summed E-state index contributed by atoms with van der Waals surface area (Å²) in [5.41, 5.74) is 6.36. The molecule has 6 aromatic carbocycles. The molecule has 0 N–H and O–H groups in total. The molecule has 1 aliphatic rings. The van der Waals surface area contributed by atoms with Crippen LogP contribution in [0.1, 0.15) is 72.2 Å². The lowest BCUT2D eigenvalue weighted by atomic mass is 9.78. The normalized spacial score (nSPS) is 15.4. The maximum atomic E-state index is 13.0. The zero-order chi connectivity index (χ0) is 42.7. The van der Waals surface area contributed by atoms with E-state index in [0.717, 1.165) is 69.0 Å². The van der Waals surface area contributed by atoms with Crippen molar-refractivity contribution in [3.8, 4) is 0 Å². The molecule has 10 heteroatoms. The Morgan fingerprint density at radius 2 is 0.717 bits per heavy atom. The van der Waals surface area contributed by atoms with Crippen LogP contribution in [0, 0.1) is 0 Å². The van der Waals surface area contributed by atoms with E-state index in [1.807, 2.05) is 137 Å². The Morgan fingerprint density at radius 3 is 1.03 bits per heavy atom. The lowest BCUT2D eigenvalue weighted by Crippen LogP contribution is -2.41. The van der Waals surface area contributed by atoms with Crippen LogP contribution in [0.3, 0.4) is 0 Å². The van der Waals surface area contributed by atoms with Gasteiger partial charge in [-0.25, -0.2) is 0 Å². The number of rotatable bonds is 10. The van der Waals surface area contributed by atoms with E-state index in [4.69, 9.17) is 9.31 Å². The molecule has 60 heavy (non-hydrogen) atoms. The minimum atomic E-state index is -4.39. The van der Waals surface area contributed by atoms with E-state index < -0.39 is 41.8 Å². The Labute approximate surface area is 347 Å². The van der Waals surface area contributed by atoms with E-state index >= 15 is 0 Å². The fourth-order valence-electron chi connectivity index (χ4n) is 6.58. The molecular weight excluding hydrogens is 771 g/mol. The van der Waals surface area contributed by atoms with E-state index in [0.29, 0.717) is 11.1 Å². The Kier molecular flexibility index (Phi) is 11.8. The molecule has 0 unspecified atom stereocenters. The van der Waals surface area contributed by atoms with Crippen molar-refractivity contribution in [2.45, 2.75) is 51.2 Å². The van der Waals surface area contributed by atoms with Crippen molar-refractivity contribution in [3.05, 3.63) is 190 Å². The molecule has 304 valence electrons. The number of anilines is 3. The predicted molar refractivity (Wildman–Crippen MR) is 233 cm³/mol. The Bertz CT molecular complexity index is 2360. The van der Waals surface area contributed by atoms with E-state index in [1.165, 1.54) is 24.3 Å². The number of alkyl halides is 6. The van der Waals surface area contributed by atoms with E-state index in [2.05, 4.69) is 17.0 Å². The van der Waals surface area contributed by atoms with Gasteiger partial charge in [-0.2, -0.15) is 26.3 Å². The fourth-order valence-corrected chi connectivity index (χ4v) is 6.58. The van der Waals surface area contributed by atoms with Crippen molar-refractivity contribution < 1.29 is 35.7 Å². The van der Waals surface area contributed by atoms with Crippen molar-refractivity contribution in [2.24, 2.45) is 0 Å². The zero-order valence-corrected chi connectivity index (χ0v) is 33.4. The van der Waals surface area contributed by atoms with Crippen LogP contribution in [0.25, 0.3) is 36.5 Å². The van der Waals surface area contributed by atoms with Crippen LogP contribution in [-0.2, 0) is 21.7 Å². The van der Waals surface area contributed by atoms with Gasteiger partial charge in [-0.3, -0.25) is 0 Å². The molecule has 0 spiro atoms. The van der Waals surface area contributed by atoms with Crippen LogP contribution < -0.4 is 10.4 Å². The molecule has 1 heterocycles. The average Bonchev–Trinajstić information content (AvgIpc) is 3.45. The van der Waals surface area contributed by atoms with Gasteiger partial charge in [0.2, 0.25) is 0 Å². The summed E-state index contributed by atoms with van der Waals surface area (Å²) in [6, 6.07) is 42.0. The van der Waals surface area contributed by atoms with Crippen molar-refractivity contribution in [1.82, 2.24) is 0 Å². The van der Waals surface area contributed by atoms with Gasteiger partial charge in [-0.1, -0.05) is 121 Å². The van der Waals surface area contributed by atoms with Crippen LogP contribution in [0.4, 0.5) is 43.4 Å². The third kappa shape index (κ3) is 10.0. The van der Waals surface area contributed by atoms with Gasteiger partial charge in [0.05, 0.1) is 22.3 Å². The first-order valence-electron chi connectivity index (χ1n) is 19.4. The summed E-state index contributed by atoms with van der Waals surface area (Å²) in [4.78, 5) is 2.11. The standard InChI is InChI=1S/C50H42BF6NO2/c1-47(2)48(3,4)60-51(59-47)43-7-5-6-40(34-43)13-12-39-22-32-46(33-23-39)58(44-28-18-37(19-29-44)10-8-35-14-24-41(25-15-35)49(52,53)54)45-30-20-38(21-31-45)11-9-36-16-26-42(27-17-36)50(55,56)57/h5-34H,1-4H3. The molecule has 0 aliphatic carbocycles. The SMILES string of the molecule is CC1(C)OB(c2cccc(C=Cc3ccc(N(c4ccc(C=Cc5ccc(C(F)(F)F)cc5)cc4)c4ccc(C=Cc5ccc(C(F)(F)F)cc5)cc4)cc3)c2)OC1(C)C. The largest absolute Gasteiger partial charge is 0.494 e. The van der Waals surface area contributed by atoms with Gasteiger partial charge in [-0.15, -0.1) is 0 Å². The first-order chi connectivity index (χ1) is 28.4. The highest BCUT2D eigenvalue weighted by Crippen LogP contribution is 2.38. The highest BCUT2D eigenvalue weighted by atomic mass is 19.4. The van der Waals surface area contributed by atoms with Crippen molar-refractivity contribution in [3.63, 3.8) is 0 Å². The topological polar surface area (TPSA) is 21.7 Å². The molecular formula is C50H42BF6NO2. The van der Waals surface area contributed by atoms with E-state index in [9.17, 15) is 26.3 Å². The van der Waals surface area contributed by atoms with Crippen molar-refractivity contribution >= 4 is 66.1 Å². The third-order valence-corrected chi connectivity index (χ3v) is 10.8. The fraction of sp³-hybridized carbons (Fsp3) is 0.160. The summed E-state index contributed by atoms with van der Waals surface area (Å²) < 4.78 is 90.7. The second kappa shape index (κ2) is 16.9. The van der Waals surface area contributed by atoms with Crippen LogP contribution in [0.15, 0.2) is 146 Å². The van der Waals surface area contributed by atoms with Gasteiger partial charge in [-0.05, 0) is 127 Å². The van der Waals surface area contributed by atoms with Crippen LogP contribution >= 0.6 is 0 Å². The van der Waals surface area contributed by atoms with Gasteiger partial charge in [0.1, 0.15) is 0 Å². The Hall–Kier alpha value is -6.10. The smallest absolute Gasteiger partial charge is 0.399 e. The molecule has 1 saturated heterocycles. The first kappa shape index (κ1) is 42.0. The number of benzene rings is 6. The van der Waals surface area contributed by atoms with Gasteiger partial charge in [0.15, 0.2) is 0 Å². The number of halogens is 6. The maximum Gasteiger partial charge on any atom is 0.494 e. The second-order valence-corrected chi connectivity index (χ2v) is 15.6. The highest BCUT2D eigenvalue weighted by molar-refractivity contribution is 6.62. The third-order valence-electron chi connectivity index (χ3n) is 10.8. The van der Waals surface area contributed by atoms with E-state index in [1.54, 1.807) is 12.2 Å². The molecule has 1 aliphatic heterocycles. The number of nitrogens with zero attached hydrogens (tertiary/aromatic N) is 1. The molecule has 1 fully saturated rings. The minimum Gasteiger partial charge on any atom is -0.399 e. The average molecular weight is 814 g/mol. The molecule has 0 amide bonds. The van der Waals surface area contributed by atoms with Crippen molar-refractivity contribution in [2.75, 3.05) is 4.90 Å². The van der Waals surface area contributed by atoms with Gasteiger partial charge in [0, 0.05) is 17.1 Å². The van der Waals surface area contributed by atoms with Crippen molar-refractivity contribution in [1.29, 1.82) is 0 Å². The second-order valence-electron chi connectivity index (χ2n) is 15.6. The van der Waals surface area contributed by atoms with E-state index in [-0.39, 0.29) is 0 Å². The highest BCUT2D eigenvalue weighted by Gasteiger charge is 2.51. The molecule has 0 atom stereocenters. The Balaban J connectivity index is 1.12. The summed E-state index contributed by atoms with van der Waals surface area (Å²) in [6.07, 6.45) is 2.55. The molecule has 6 aromatic rings. The lowest BCUT2D eigenvalue weighted by Gasteiger charge is -2.32. The first-order valence-corrected chi connectivity index (χ1v) is 19.4. The molecule has 0 radical (unpaired) electrons. The minimum absolute atomic E-state index is 0.437. The van der Waals surface area contributed by atoms with Gasteiger partial charge < -0.3 is 14.2 Å². The Morgan fingerprint density at radius 1 is 0.417 bits per heavy atom. The summed E-state index contributed by atoms with van der Waals surface area (Å²) >= 11 is 0. The van der Waals surface area contributed by atoms with Gasteiger partial charge in [0.25, 0.3) is 0 Å². The molecule has 3 nitrogen and oxygen atoms in total. The maximum absolute atomic E-state index is 13.0.